The molecule has 3 aromatic rings. The molecular weight excluding hydrogens is 428 g/mol. The second-order valence-corrected chi connectivity index (χ2v) is 9.48. The molecule has 1 saturated carbocycles. The molecule has 0 saturated heterocycles. The van der Waals surface area contributed by atoms with Gasteiger partial charge in [-0.2, -0.15) is 0 Å². The number of ether oxygens (including phenoxy) is 1. The maximum absolute atomic E-state index is 13.0. The number of carbonyl (C=O) groups is 1. The van der Waals surface area contributed by atoms with Crippen molar-refractivity contribution in [1.29, 1.82) is 0 Å². The molecule has 1 heterocycles. The van der Waals surface area contributed by atoms with Crippen LogP contribution in [0.1, 0.15) is 38.7 Å². The van der Waals surface area contributed by atoms with Gasteiger partial charge in [-0.15, -0.1) is 0 Å². The van der Waals surface area contributed by atoms with E-state index >= 15 is 0 Å². The smallest absolute Gasteiger partial charge is 0.233 e. The number of aromatic nitrogens is 1. The first-order valence-electron chi connectivity index (χ1n) is 10.7. The van der Waals surface area contributed by atoms with Crippen LogP contribution in [0.15, 0.2) is 65.7 Å². The number of benzene rings is 2. The number of carbonyl (C=O) groups excluding carboxylic acids is 1. The third-order valence-electron chi connectivity index (χ3n) is 5.55. The van der Waals surface area contributed by atoms with Crippen molar-refractivity contribution < 1.29 is 23.2 Å². The lowest BCUT2D eigenvalue weighted by Gasteiger charge is -2.24. The molecule has 0 bridgehead atoms. The minimum Gasteiger partial charge on any atom is -0.489 e. The van der Waals surface area contributed by atoms with Crippen LogP contribution in [-0.4, -0.2) is 41.4 Å². The molecule has 4 rings (SSSR count). The van der Waals surface area contributed by atoms with Crippen LogP contribution in [0.4, 0.5) is 0 Å². The van der Waals surface area contributed by atoms with Gasteiger partial charge in [-0.25, -0.2) is 13.5 Å². The van der Waals surface area contributed by atoms with Crippen molar-refractivity contribution in [3.8, 4) is 5.75 Å². The van der Waals surface area contributed by atoms with Crippen molar-refractivity contribution >= 4 is 27.2 Å². The van der Waals surface area contributed by atoms with Gasteiger partial charge in [0.15, 0.2) is 9.84 Å². The number of amides is 1. The molecule has 8 heteroatoms. The molecule has 1 aliphatic carbocycles. The van der Waals surface area contributed by atoms with E-state index in [1.807, 2.05) is 44.2 Å². The second-order valence-electron chi connectivity index (χ2n) is 7.31. The lowest BCUT2D eigenvalue weighted by atomic mass is 10.1. The van der Waals surface area contributed by atoms with Crippen LogP contribution in [0.25, 0.3) is 10.9 Å². The average Bonchev–Trinajstić information content (AvgIpc) is 3.35. The minimum atomic E-state index is -3.68. The summed E-state index contributed by atoms with van der Waals surface area (Å²) in [5.41, 5.74) is 1.88. The predicted octanol–water partition coefficient (Wildman–Crippen LogP) is 4.38. The topological polar surface area (TPSA) is 96.8 Å². The van der Waals surface area contributed by atoms with E-state index < -0.39 is 21.1 Å². The minimum absolute atomic E-state index is 0.153. The summed E-state index contributed by atoms with van der Waals surface area (Å²) < 4.78 is 31.9. The average molecular weight is 457 g/mol. The largest absolute Gasteiger partial charge is 0.489 e. The zero-order valence-electron chi connectivity index (χ0n) is 18.2. The van der Waals surface area contributed by atoms with E-state index in [-0.39, 0.29) is 11.3 Å². The summed E-state index contributed by atoms with van der Waals surface area (Å²) >= 11 is 0. The second kappa shape index (κ2) is 10.6. The summed E-state index contributed by atoms with van der Waals surface area (Å²) in [6, 6.07) is 15.2. The van der Waals surface area contributed by atoms with Gasteiger partial charge in [0.2, 0.25) is 6.41 Å². The Kier molecular flexibility index (Phi) is 7.82. The molecule has 2 unspecified atom stereocenters. The first-order chi connectivity index (χ1) is 15.5. The Morgan fingerprint density at radius 2 is 1.81 bits per heavy atom. The summed E-state index contributed by atoms with van der Waals surface area (Å²) in [5, 5.41) is 10.4. The Morgan fingerprint density at radius 1 is 1.09 bits per heavy atom. The Hall–Kier alpha value is -2.97. The molecule has 0 spiro atoms. The van der Waals surface area contributed by atoms with E-state index in [1.165, 1.54) is 12.1 Å². The number of hydrogen-bond acceptors (Lipinski definition) is 6. The Morgan fingerprint density at radius 3 is 2.53 bits per heavy atom. The predicted molar refractivity (Wildman–Crippen MR) is 122 cm³/mol. The van der Waals surface area contributed by atoms with E-state index in [1.54, 1.807) is 18.3 Å². The molecule has 170 valence electrons. The molecule has 32 heavy (non-hydrogen) atoms. The van der Waals surface area contributed by atoms with Crippen molar-refractivity contribution in [3.05, 3.63) is 66.4 Å². The lowest BCUT2D eigenvalue weighted by Crippen LogP contribution is -2.41. The molecule has 2 aromatic carbocycles. The fourth-order valence-corrected chi connectivity index (χ4v) is 6.01. The van der Waals surface area contributed by atoms with E-state index in [0.29, 0.717) is 36.7 Å². The lowest BCUT2D eigenvalue weighted by molar-refractivity contribution is -0.159. The maximum Gasteiger partial charge on any atom is 0.233 e. The van der Waals surface area contributed by atoms with Gasteiger partial charge in [0, 0.05) is 17.1 Å². The fourth-order valence-electron chi connectivity index (χ4n) is 3.99. The summed E-state index contributed by atoms with van der Waals surface area (Å²) in [5.74, 6) is 0.550. The van der Waals surface area contributed by atoms with Crippen molar-refractivity contribution in [2.75, 3.05) is 0 Å². The van der Waals surface area contributed by atoms with Gasteiger partial charge in [0.05, 0.1) is 21.7 Å². The van der Waals surface area contributed by atoms with Crippen molar-refractivity contribution in [1.82, 2.24) is 10.0 Å². The summed E-state index contributed by atoms with van der Waals surface area (Å²) in [4.78, 5) is 15.4. The zero-order valence-corrected chi connectivity index (χ0v) is 19.0. The molecule has 1 amide bonds. The number of nitrogens with zero attached hydrogens (tertiary/aromatic N) is 2. The van der Waals surface area contributed by atoms with E-state index in [2.05, 4.69) is 4.98 Å². The summed E-state index contributed by atoms with van der Waals surface area (Å²) in [6.45, 7) is 4.33. The van der Waals surface area contributed by atoms with Crippen molar-refractivity contribution in [2.45, 2.75) is 55.9 Å². The highest BCUT2D eigenvalue weighted by atomic mass is 32.2. The van der Waals surface area contributed by atoms with Crippen LogP contribution < -0.4 is 4.74 Å². The number of fused-ring (bicyclic) bond motifs is 1. The molecule has 1 aromatic heterocycles. The normalized spacial score (nSPS) is 18.0. The van der Waals surface area contributed by atoms with Gasteiger partial charge in [0.1, 0.15) is 12.4 Å². The van der Waals surface area contributed by atoms with Gasteiger partial charge in [0.25, 0.3) is 0 Å². The Labute approximate surface area is 188 Å². The molecule has 1 aliphatic rings. The van der Waals surface area contributed by atoms with Crippen LogP contribution in [0, 0.1) is 0 Å². The first kappa shape index (κ1) is 23.7. The first-order valence-corrected chi connectivity index (χ1v) is 12.3. The SMILES string of the molecule is CC.O=CN(O)C1CCCC1S(=O)(=O)c1ccc(OCc2ccnc3ccccc23)cc1. The third-order valence-corrected chi connectivity index (χ3v) is 7.83. The van der Waals surface area contributed by atoms with Crippen molar-refractivity contribution in [3.63, 3.8) is 0 Å². The fraction of sp³-hybridized carbons (Fsp3) is 0.333. The van der Waals surface area contributed by atoms with E-state index in [4.69, 9.17) is 4.74 Å². The van der Waals surface area contributed by atoms with Crippen LogP contribution >= 0.6 is 0 Å². The summed E-state index contributed by atoms with van der Waals surface area (Å²) in [6.07, 6.45) is 3.50. The van der Waals surface area contributed by atoms with E-state index in [0.717, 1.165) is 16.5 Å². The number of pyridine rings is 1. The number of hydroxylamine groups is 2. The molecule has 7 nitrogen and oxygen atoms in total. The molecule has 0 aliphatic heterocycles. The molecule has 0 radical (unpaired) electrons. The third kappa shape index (κ3) is 4.92. The standard InChI is InChI=1S/C22H22N2O5S.C2H6/c25-15-24(26)21-6-3-7-22(21)30(27,28)18-10-8-17(9-11-18)29-14-16-12-13-23-20-5-2-1-4-19(16)20;1-2/h1-2,4-5,8-13,15,21-22,26H,3,6-7,14H2;1-2H3. The zero-order chi connectivity index (χ0) is 23.1. The molecule has 2 atom stereocenters. The highest BCUT2D eigenvalue weighted by Gasteiger charge is 2.41. The Balaban J connectivity index is 0.00000141. The van der Waals surface area contributed by atoms with E-state index in [9.17, 15) is 18.4 Å². The quantitative estimate of drug-likeness (QED) is 0.322. The molecular formula is C24H28N2O5S. The molecule has 1 N–H and O–H groups in total. The van der Waals surface area contributed by atoms with Gasteiger partial charge < -0.3 is 4.74 Å². The Bertz CT molecular complexity index is 1140. The molecule has 1 fully saturated rings. The van der Waals surface area contributed by atoms with Crippen LogP contribution in [0.2, 0.25) is 0 Å². The van der Waals surface area contributed by atoms with Crippen LogP contribution in [-0.2, 0) is 21.2 Å². The monoisotopic (exact) mass is 456 g/mol. The highest BCUT2D eigenvalue weighted by molar-refractivity contribution is 7.92. The van der Waals surface area contributed by atoms with Gasteiger partial charge in [-0.05, 0) is 55.7 Å². The number of rotatable bonds is 7. The number of sulfone groups is 1. The highest BCUT2D eigenvalue weighted by Crippen LogP contribution is 2.33. The van der Waals surface area contributed by atoms with Crippen LogP contribution in [0.3, 0.4) is 0 Å². The van der Waals surface area contributed by atoms with Gasteiger partial charge >= 0.3 is 0 Å². The van der Waals surface area contributed by atoms with Crippen molar-refractivity contribution in [2.24, 2.45) is 0 Å². The van der Waals surface area contributed by atoms with Gasteiger partial charge in [-0.3, -0.25) is 15.0 Å². The number of hydrogen-bond donors (Lipinski definition) is 1. The van der Waals surface area contributed by atoms with Crippen LogP contribution in [0.5, 0.6) is 5.75 Å². The number of para-hydroxylation sites is 1. The van der Waals surface area contributed by atoms with Gasteiger partial charge in [-0.1, -0.05) is 32.0 Å². The summed E-state index contributed by atoms with van der Waals surface area (Å²) in [7, 11) is -3.68. The maximum atomic E-state index is 13.0.